The van der Waals surface area contributed by atoms with Crippen LogP contribution < -0.4 is 11.1 Å². The number of nitrogens with one attached hydrogen (secondary N) is 1. The number of aromatic nitrogens is 2. The van der Waals surface area contributed by atoms with Gasteiger partial charge in [-0.2, -0.15) is 5.10 Å². The highest BCUT2D eigenvalue weighted by Crippen LogP contribution is 2.39. The summed E-state index contributed by atoms with van der Waals surface area (Å²) in [5, 5.41) is 7.02. The summed E-state index contributed by atoms with van der Waals surface area (Å²) in [7, 11) is 0. The molecule has 1 aliphatic rings. The van der Waals surface area contributed by atoms with Crippen LogP contribution in [-0.4, -0.2) is 21.7 Å². The first kappa shape index (κ1) is 20.9. The second kappa shape index (κ2) is 8.52. The van der Waals surface area contributed by atoms with Crippen LogP contribution in [0, 0.1) is 5.82 Å². The van der Waals surface area contributed by atoms with Gasteiger partial charge in [-0.25, -0.2) is 9.07 Å². The second-order valence-corrected chi connectivity index (χ2v) is 6.24. The fraction of sp³-hybridized carbons (Fsp3) is 0.158. The van der Waals surface area contributed by atoms with Crippen LogP contribution in [0.4, 0.5) is 10.1 Å². The number of halogens is 3. The Hall–Kier alpha value is -2.41. The average Bonchev–Trinajstić information content (AvgIpc) is 3.17. The summed E-state index contributed by atoms with van der Waals surface area (Å²) in [6.45, 7) is 0. The van der Waals surface area contributed by atoms with Crippen LogP contribution in [0.3, 0.4) is 0 Å². The molecule has 2 aromatic carbocycles. The number of benzene rings is 2. The van der Waals surface area contributed by atoms with E-state index in [9.17, 15) is 9.18 Å². The number of carbonyl (C=O) groups is 1. The molecule has 1 aromatic heterocycles. The van der Waals surface area contributed by atoms with Gasteiger partial charge in [-0.3, -0.25) is 4.79 Å². The van der Waals surface area contributed by atoms with E-state index in [0.717, 1.165) is 12.0 Å². The van der Waals surface area contributed by atoms with Gasteiger partial charge >= 0.3 is 0 Å². The van der Waals surface area contributed by atoms with Crippen molar-refractivity contribution in [3.8, 4) is 5.69 Å². The van der Waals surface area contributed by atoms with Crippen molar-refractivity contribution in [2.75, 3.05) is 5.32 Å². The van der Waals surface area contributed by atoms with Crippen molar-refractivity contribution < 1.29 is 9.18 Å². The topological polar surface area (TPSA) is 72.9 Å². The van der Waals surface area contributed by atoms with Crippen LogP contribution in [0.1, 0.15) is 28.3 Å². The minimum absolute atomic E-state index is 0. The molecule has 0 radical (unpaired) electrons. The molecule has 1 saturated carbocycles. The van der Waals surface area contributed by atoms with Gasteiger partial charge in [0.25, 0.3) is 5.91 Å². The molecule has 0 unspecified atom stereocenters. The van der Waals surface area contributed by atoms with E-state index < -0.39 is 0 Å². The number of hydrogen-bond donors (Lipinski definition) is 2. The summed E-state index contributed by atoms with van der Waals surface area (Å²) in [5.41, 5.74) is 8.86. The van der Waals surface area contributed by atoms with Gasteiger partial charge in [0.05, 0.1) is 23.8 Å². The summed E-state index contributed by atoms with van der Waals surface area (Å²) in [5.74, 6) is -0.150. The molecular weight excluding hydrogens is 390 g/mol. The number of hydrogen-bond acceptors (Lipinski definition) is 3. The summed E-state index contributed by atoms with van der Waals surface area (Å²) in [4.78, 5) is 12.5. The van der Waals surface area contributed by atoms with Gasteiger partial charge in [0.1, 0.15) is 5.82 Å². The predicted molar refractivity (Wildman–Crippen MR) is 108 cm³/mol. The molecule has 0 bridgehead atoms. The molecule has 0 aliphatic heterocycles. The van der Waals surface area contributed by atoms with Crippen LogP contribution >= 0.6 is 24.8 Å². The van der Waals surface area contributed by atoms with Crippen LogP contribution in [0.2, 0.25) is 0 Å². The highest BCUT2D eigenvalue weighted by Gasteiger charge is 2.34. The highest BCUT2D eigenvalue weighted by atomic mass is 35.5. The Labute approximate surface area is 168 Å². The third kappa shape index (κ3) is 4.66. The molecule has 27 heavy (non-hydrogen) atoms. The molecule has 3 N–H and O–H groups in total. The van der Waals surface area contributed by atoms with Crippen LogP contribution in [0.25, 0.3) is 5.69 Å². The minimum atomic E-state index is -0.306. The lowest BCUT2D eigenvalue weighted by Crippen LogP contribution is -2.12. The lowest BCUT2D eigenvalue weighted by atomic mass is 10.1. The smallest absolute Gasteiger partial charge is 0.255 e. The quantitative estimate of drug-likeness (QED) is 0.686. The summed E-state index contributed by atoms with van der Waals surface area (Å²) in [6.07, 6.45) is 4.21. The molecule has 3 aromatic rings. The van der Waals surface area contributed by atoms with E-state index in [4.69, 9.17) is 5.73 Å². The van der Waals surface area contributed by atoms with Gasteiger partial charge in [-0.05, 0) is 48.4 Å². The van der Waals surface area contributed by atoms with E-state index in [0.29, 0.717) is 22.9 Å². The maximum absolute atomic E-state index is 13.0. The number of nitrogens with two attached hydrogens (primary N) is 1. The van der Waals surface area contributed by atoms with Crippen molar-refractivity contribution in [3.63, 3.8) is 0 Å². The van der Waals surface area contributed by atoms with Crippen molar-refractivity contribution in [1.29, 1.82) is 0 Å². The molecule has 4 rings (SSSR count). The SMILES string of the molecule is Cl.Cl.N[C@@H]1C[C@H]1c1cccc(C(=O)Nc2cnn(-c3ccc(F)cc3)c2)c1. The Morgan fingerprint density at radius 2 is 1.89 bits per heavy atom. The van der Waals surface area contributed by atoms with Gasteiger partial charge in [0.2, 0.25) is 0 Å². The Morgan fingerprint density at radius 3 is 2.56 bits per heavy atom. The third-order valence-electron chi connectivity index (χ3n) is 4.35. The first-order valence-corrected chi connectivity index (χ1v) is 8.08. The van der Waals surface area contributed by atoms with Crippen LogP contribution in [-0.2, 0) is 0 Å². The minimum Gasteiger partial charge on any atom is -0.327 e. The number of rotatable bonds is 4. The van der Waals surface area contributed by atoms with E-state index in [1.54, 1.807) is 35.3 Å². The molecule has 1 fully saturated rings. The fourth-order valence-electron chi connectivity index (χ4n) is 2.83. The monoisotopic (exact) mass is 408 g/mol. The molecule has 1 aliphatic carbocycles. The number of anilines is 1. The molecular formula is C19H19Cl2FN4O. The van der Waals surface area contributed by atoms with Crippen LogP contribution in [0.15, 0.2) is 60.9 Å². The molecule has 1 amide bonds. The molecule has 1 heterocycles. The lowest BCUT2D eigenvalue weighted by Gasteiger charge is -2.05. The number of amides is 1. The van der Waals surface area contributed by atoms with Gasteiger partial charge in [0.15, 0.2) is 0 Å². The summed E-state index contributed by atoms with van der Waals surface area (Å²) in [6, 6.07) is 13.7. The van der Waals surface area contributed by atoms with Gasteiger partial charge in [0, 0.05) is 17.5 Å². The van der Waals surface area contributed by atoms with Gasteiger partial charge in [-0.1, -0.05) is 12.1 Å². The van der Waals surface area contributed by atoms with Crippen molar-refractivity contribution >= 4 is 36.4 Å². The third-order valence-corrected chi connectivity index (χ3v) is 4.35. The Kier molecular flexibility index (Phi) is 6.59. The first-order chi connectivity index (χ1) is 12.1. The van der Waals surface area contributed by atoms with E-state index >= 15 is 0 Å². The summed E-state index contributed by atoms with van der Waals surface area (Å²) < 4.78 is 14.6. The number of carbonyl (C=O) groups excluding carboxylic acids is 1. The van der Waals surface area contributed by atoms with Crippen molar-refractivity contribution in [1.82, 2.24) is 9.78 Å². The first-order valence-electron chi connectivity index (χ1n) is 8.08. The van der Waals surface area contributed by atoms with Gasteiger partial charge in [-0.15, -0.1) is 24.8 Å². The molecule has 142 valence electrons. The molecule has 0 saturated heterocycles. The number of nitrogens with zero attached hydrogens (tertiary/aromatic N) is 2. The Balaban J connectivity index is 0.00000131. The van der Waals surface area contributed by atoms with Crippen molar-refractivity contribution in [3.05, 3.63) is 77.9 Å². The average molecular weight is 409 g/mol. The highest BCUT2D eigenvalue weighted by molar-refractivity contribution is 6.04. The molecule has 2 atom stereocenters. The zero-order valence-electron chi connectivity index (χ0n) is 14.2. The maximum Gasteiger partial charge on any atom is 0.255 e. The van der Waals surface area contributed by atoms with Crippen LogP contribution in [0.5, 0.6) is 0 Å². The second-order valence-electron chi connectivity index (χ2n) is 6.24. The molecule has 0 spiro atoms. The lowest BCUT2D eigenvalue weighted by molar-refractivity contribution is 0.102. The fourth-order valence-corrected chi connectivity index (χ4v) is 2.83. The van der Waals surface area contributed by atoms with Crippen molar-refractivity contribution in [2.24, 2.45) is 5.73 Å². The molecule has 8 heteroatoms. The van der Waals surface area contributed by atoms with E-state index in [1.807, 2.05) is 18.2 Å². The summed E-state index contributed by atoms with van der Waals surface area (Å²) >= 11 is 0. The zero-order chi connectivity index (χ0) is 17.4. The van der Waals surface area contributed by atoms with E-state index in [1.165, 1.54) is 12.1 Å². The van der Waals surface area contributed by atoms with Gasteiger partial charge < -0.3 is 11.1 Å². The Bertz CT molecular complexity index is 929. The molecule has 5 nitrogen and oxygen atoms in total. The predicted octanol–water partition coefficient (Wildman–Crippen LogP) is 3.92. The zero-order valence-corrected chi connectivity index (χ0v) is 15.8. The van der Waals surface area contributed by atoms with E-state index in [2.05, 4.69) is 10.4 Å². The van der Waals surface area contributed by atoms with Crippen molar-refractivity contribution in [2.45, 2.75) is 18.4 Å². The standard InChI is InChI=1S/C19H17FN4O.2ClH/c20-14-4-6-16(7-5-14)24-11-15(10-22-24)23-19(25)13-3-1-2-12(8-13)17-9-18(17)21;;/h1-8,10-11,17-18H,9,21H2,(H,23,25);2*1H/t17-,18+;;/m0../s1. The normalized spacial score (nSPS) is 17.4. The van der Waals surface area contributed by atoms with E-state index in [-0.39, 0.29) is 42.6 Å². The maximum atomic E-state index is 13.0. The Morgan fingerprint density at radius 1 is 1.19 bits per heavy atom. The largest absolute Gasteiger partial charge is 0.327 e.